The van der Waals surface area contributed by atoms with Crippen LogP contribution in [0.5, 0.6) is 11.6 Å². The molecule has 0 saturated heterocycles. The summed E-state index contributed by atoms with van der Waals surface area (Å²) in [7, 11) is 2.03. The van der Waals surface area contributed by atoms with Crippen LogP contribution in [-0.2, 0) is 26.5 Å². The van der Waals surface area contributed by atoms with E-state index in [0.717, 1.165) is 34.3 Å². The van der Waals surface area contributed by atoms with Crippen LogP contribution < -0.4 is 19.4 Å². The Morgan fingerprint density at radius 3 is 2.33 bits per heavy atom. The molecule has 0 bridgehead atoms. The van der Waals surface area contributed by atoms with Crippen LogP contribution in [-0.4, -0.2) is 17.0 Å². The van der Waals surface area contributed by atoms with Crippen LogP contribution >= 0.6 is 0 Å². The number of nitrogens with zero attached hydrogens (tertiary/aromatic N) is 5. The van der Waals surface area contributed by atoms with E-state index >= 15 is 0 Å². The Morgan fingerprint density at radius 2 is 1.57 bits per heavy atom. The molecular weight excluding hydrogens is 701 g/mol. The Balaban J connectivity index is 0.00000353. The van der Waals surface area contributed by atoms with Crippen LogP contribution in [0.3, 0.4) is 0 Å². The number of para-hydroxylation sites is 2. The molecule has 5 aromatic rings. The van der Waals surface area contributed by atoms with Gasteiger partial charge in [0.05, 0.1) is 0 Å². The molecule has 0 amide bonds. The van der Waals surface area contributed by atoms with Crippen LogP contribution in [0.2, 0.25) is 0 Å². The van der Waals surface area contributed by atoms with Gasteiger partial charge in [-0.1, -0.05) is 56.3 Å². The molecule has 6 rings (SSSR count). The zero-order valence-corrected chi connectivity index (χ0v) is 26.5. The number of ether oxygens (including phenoxy) is 1. The van der Waals surface area contributed by atoms with E-state index in [2.05, 4.69) is 108 Å². The van der Waals surface area contributed by atoms with Gasteiger partial charge in [0.15, 0.2) is 0 Å². The average Bonchev–Trinajstić information content (AvgIpc) is 3.31. The minimum atomic E-state index is -0.0140. The molecule has 0 fully saturated rings. The molecule has 1 aliphatic heterocycles. The topological polar surface area (TPSA) is 44.7 Å². The smallest absolute Gasteiger partial charge is 0.135 e. The number of anilines is 6. The van der Waals surface area contributed by atoms with Gasteiger partial charge in [-0.15, -0.1) is 18.2 Å². The molecular formula is C35H32N5OPt-3. The van der Waals surface area contributed by atoms with Crippen molar-refractivity contribution in [3.8, 4) is 11.6 Å². The number of aromatic nitrogens is 2. The van der Waals surface area contributed by atoms with Crippen LogP contribution in [0, 0.1) is 25.7 Å². The van der Waals surface area contributed by atoms with Gasteiger partial charge in [-0.2, -0.15) is 30.6 Å². The SMILES string of the molecule is Cc1ccc(N(c2[c-]c(Oc3[c-]c(N4[CH-]N(C)c5ccccc54)ccn3)ccc2)c2cc(C(C)(C)C)ccn2)cc1.[Pt]. The van der Waals surface area contributed by atoms with Crippen molar-refractivity contribution in [1.82, 2.24) is 9.97 Å². The fraction of sp³-hybridized carbons (Fsp3) is 0.171. The predicted molar refractivity (Wildman–Crippen MR) is 166 cm³/mol. The number of benzene rings is 3. The number of hydrogen-bond acceptors (Lipinski definition) is 6. The first-order valence-electron chi connectivity index (χ1n) is 13.6. The summed E-state index contributed by atoms with van der Waals surface area (Å²) in [4.78, 5) is 15.5. The molecule has 2 aromatic heterocycles. The van der Waals surface area contributed by atoms with Crippen molar-refractivity contribution in [2.24, 2.45) is 0 Å². The fourth-order valence-electron chi connectivity index (χ4n) is 4.83. The van der Waals surface area contributed by atoms with E-state index in [-0.39, 0.29) is 26.5 Å². The summed E-state index contributed by atoms with van der Waals surface area (Å²) < 4.78 is 6.23. The average molecular weight is 734 g/mol. The van der Waals surface area contributed by atoms with Crippen molar-refractivity contribution in [3.05, 3.63) is 127 Å². The zero-order valence-electron chi connectivity index (χ0n) is 24.3. The number of rotatable bonds is 6. The van der Waals surface area contributed by atoms with E-state index in [1.165, 1.54) is 11.1 Å². The molecule has 3 heterocycles. The first-order chi connectivity index (χ1) is 19.8. The Kier molecular flexibility index (Phi) is 8.38. The Labute approximate surface area is 262 Å². The molecule has 0 saturated carbocycles. The molecule has 0 atom stereocenters. The van der Waals surface area contributed by atoms with Gasteiger partial charge in [0.2, 0.25) is 0 Å². The first-order valence-corrected chi connectivity index (χ1v) is 13.6. The number of fused-ring (bicyclic) bond motifs is 1. The first kappa shape index (κ1) is 29.3. The number of pyridine rings is 2. The Morgan fingerprint density at radius 1 is 0.833 bits per heavy atom. The van der Waals surface area contributed by atoms with Gasteiger partial charge >= 0.3 is 0 Å². The molecule has 0 aliphatic carbocycles. The third-order valence-corrected chi connectivity index (χ3v) is 7.06. The van der Waals surface area contributed by atoms with E-state index in [1.54, 1.807) is 6.20 Å². The Bertz CT molecular complexity index is 1680. The molecule has 1 aliphatic rings. The maximum Gasteiger partial charge on any atom is 0.135 e. The molecule has 42 heavy (non-hydrogen) atoms. The fourth-order valence-corrected chi connectivity index (χ4v) is 4.83. The van der Waals surface area contributed by atoms with Crippen LogP contribution in [0.4, 0.5) is 34.3 Å². The van der Waals surface area contributed by atoms with Crippen LogP contribution in [0.1, 0.15) is 31.9 Å². The molecule has 3 aromatic carbocycles. The second-order valence-corrected chi connectivity index (χ2v) is 11.2. The molecule has 0 spiro atoms. The van der Waals surface area contributed by atoms with Crippen molar-refractivity contribution in [1.29, 1.82) is 0 Å². The minimum Gasteiger partial charge on any atom is -0.504 e. The second-order valence-electron chi connectivity index (χ2n) is 11.2. The molecule has 216 valence electrons. The summed E-state index contributed by atoms with van der Waals surface area (Å²) in [6.45, 7) is 10.7. The third-order valence-electron chi connectivity index (χ3n) is 7.06. The van der Waals surface area contributed by atoms with Crippen molar-refractivity contribution in [3.63, 3.8) is 0 Å². The van der Waals surface area contributed by atoms with Crippen molar-refractivity contribution >= 4 is 34.3 Å². The van der Waals surface area contributed by atoms with Gasteiger partial charge < -0.3 is 19.4 Å². The largest absolute Gasteiger partial charge is 0.504 e. The van der Waals surface area contributed by atoms with Crippen LogP contribution in [0.15, 0.2) is 97.3 Å². The Hall–Kier alpha value is -4.15. The van der Waals surface area contributed by atoms with E-state index in [4.69, 9.17) is 9.72 Å². The maximum absolute atomic E-state index is 6.23. The number of hydrogen-bond donors (Lipinski definition) is 0. The van der Waals surface area contributed by atoms with Crippen molar-refractivity contribution < 1.29 is 25.8 Å². The van der Waals surface area contributed by atoms with Gasteiger partial charge in [-0.25, -0.2) is 4.98 Å². The molecule has 0 unspecified atom stereocenters. The monoisotopic (exact) mass is 733 g/mol. The summed E-state index contributed by atoms with van der Waals surface area (Å²) in [5.41, 5.74) is 7.22. The van der Waals surface area contributed by atoms with Gasteiger partial charge in [0.25, 0.3) is 0 Å². The van der Waals surface area contributed by atoms with Gasteiger partial charge in [-0.3, -0.25) is 4.98 Å². The zero-order chi connectivity index (χ0) is 28.6. The van der Waals surface area contributed by atoms with Crippen molar-refractivity contribution in [2.45, 2.75) is 33.1 Å². The summed E-state index contributed by atoms with van der Waals surface area (Å²) >= 11 is 0. The van der Waals surface area contributed by atoms with Gasteiger partial charge in [0, 0.05) is 50.1 Å². The normalized spacial score (nSPS) is 12.5. The van der Waals surface area contributed by atoms with E-state index in [9.17, 15) is 0 Å². The second kappa shape index (κ2) is 12.0. The number of aryl methyl sites for hydroxylation is 1. The molecule has 7 heteroatoms. The van der Waals surface area contributed by atoms with Gasteiger partial charge in [0.1, 0.15) is 11.7 Å². The van der Waals surface area contributed by atoms with E-state index in [0.29, 0.717) is 11.6 Å². The van der Waals surface area contributed by atoms with Gasteiger partial charge in [-0.05, 0) is 67.5 Å². The molecule has 0 N–H and O–H groups in total. The standard InChI is InChI=1S/C35H32N5O.Pt/c1-25-13-15-27(16-14-25)40(33-21-26(17-19-36-33)35(2,3)4)29-9-8-10-30(22-29)41-34-23-28(18-20-37-34)39-24-38(5)31-11-6-7-12-32(31)39;/h6-21,24H,1-5H3;/q-3;. The van der Waals surface area contributed by atoms with Crippen LogP contribution in [0.25, 0.3) is 0 Å². The third kappa shape index (κ3) is 6.05. The quantitative estimate of drug-likeness (QED) is 0.163. The maximum atomic E-state index is 6.23. The van der Waals surface area contributed by atoms with E-state index in [1.807, 2.05) is 56.3 Å². The summed E-state index contributed by atoms with van der Waals surface area (Å²) in [6.07, 6.45) is 3.60. The van der Waals surface area contributed by atoms with E-state index < -0.39 is 0 Å². The minimum absolute atomic E-state index is 0. The summed E-state index contributed by atoms with van der Waals surface area (Å²) in [5.74, 6) is 1.72. The predicted octanol–water partition coefficient (Wildman–Crippen LogP) is 8.65. The molecule has 6 nitrogen and oxygen atoms in total. The molecule has 0 radical (unpaired) electrons. The van der Waals surface area contributed by atoms with Crippen molar-refractivity contribution in [2.75, 3.05) is 21.7 Å². The summed E-state index contributed by atoms with van der Waals surface area (Å²) in [6, 6.07) is 35.4. The summed E-state index contributed by atoms with van der Waals surface area (Å²) in [5, 5.41) is 0.